The van der Waals surface area contributed by atoms with E-state index in [2.05, 4.69) is 9.71 Å². The molecule has 0 saturated heterocycles. The molecule has 1 heterocycles. The largest absolute Gasteiger partial charge is 0.493 e. The fourth-order valence-corrected chi connectivity index (χ4v) is 4.00. The molecular weight excluding hydrogens is 446 g/mol. The number of aliphatic carboxylic acids is 1. The third-order valence-corrected chi connectivity index (χ3v) is 6.44. The third kappa shape index (κ3) is 6.64. The number of hydrogen-bond acceptors (Lipinski definition) is 6. The van der Waals surface area contributed by atoms with Crippen LogP contribution >= 0.6 is 0 Å². The van der Waals surface area contributed by atoms with Gasteiger partial charge < -0.3 is 14.3 Å². The Bertz CT molecular complexity index is 1190. The molecule has 0 fully saturated rings. The number of aromatic nitrogens is 1. The van der Waals surface area contributed by atoms with E-state index in [9.17, 15) is 13.2 Å². The summed E-state index contributed by atoms with van der Waals surface area (Å²) in [6, 6.07) is 14.8. The fourth-order valence-electron chi connectivity index (χ4n) is 3.15. The predicted molar refractivity (Wildman–Crippen MR) is 123 cm³/mol. The Hall–Kier alpha value is -3.21. The van der Waals surface area contributed by atoms with E-state index in [0.29, 0.717) is 30.2 Å². The summed E-state index contributed by atoms with van der Waals surface area (Å²) in [6.45, 7) is 3.57. The number of ether oxygens (including phenoxy) is 1. The fraction of sp³-hybridized carbons (Fsp3) is 0.304. The van der Waals surface area contributed by atoms with Crippen molar-refractivity contribution in [2.75, 3.05) is 20.2 Å². The topological polar surface area (TPSA) is 122 Å². The van der Waals surface area contributed by atoms with Gasteiger partial charge in [-0.2, -0.15) is 12.7 Å². The number of oxazole rings is 1. The lowest BCUT2D eigenvalue weighted by atomic mass is 10.1. The van der Waals surface area contributed by atoms with Crippen molar-refractivity contribution in [3.8, 4) is 17.2 Å². The van der Waals surface area contributed by atoms with Gasteiger partial charge >= 0.3 is 5.97 Å². The molecule has 0 radical (unpaired) electrons. The Kier molecular flexibility index (Phi) is 7.85. The predicted octanol–water partition coefficient (Wildman–Crippen LogP) is 2.93. The molecule has 0 atom stereocenters. The zero-order chi connectivity index (χ0) is 24.0. The normalized spacial score (nSPS) is 11.6. The molecule has 1 aromatic heterocycles. The SMILES string of the molecule is CNS(=O)(=O)N(CC(=O)O)Cc1ccc(OCCc2nc(-c3ccc(C)cc3)oc2C)cc1. The lowest BCUT2D eigenvalue weighted by Crippen LogP contribution is -2.41. The zero-order valence-electron chi connectivity index (χ0n) is 18.7. The molecule has 0 unspecified atom stereocenters. The van der Waals surface area contributed by atoms with E-state index in [-0.39, 0.29) is 6.54 Å². The minimum atomic E-state index is -3.88. The van der Waals surface area contributed by atoms with Crippen LogP contribution in [0.15, 0.2) is 52.9 Å². The molecule has 0 aliphatic rings. The highest BCUT2D eigenvalue weighted by atomic mass is 32.2. The second-order valence-electron chi connectivity index (χ2n) is 7.50. The number of rotatable bonds is 11. The number of nitrogens with zero attached hydrogens (tertiary/aromatic N) is 2. The van der Waals surface area contributed by atoms with Crippen molar-refractivity contribution >= 4 is 16.2 Å². The Balaban J connectivity index is 1.57. The van der Waals surface area contributed by atoms with Gasteiger partial charge in [0.05, 0.1) is 12.3 Å². The number of benzene rings is 2. The molecule has 0 bridgehead atoms. The molecule has 0 aliphatic carbocycles. The van der Waals surface area contributed by atoms with Gasteiger partial charge in [0, 0.05) is 25.6 Å². The van der Waals surface area contributed by atoms with Gasteiger partial charge in [-0.15, -0.1) is 0 Å². The molecular formula is C23H27N3O6S. The second kappa shape index (κ2) is 10.6. The first kappa shape index (κ1) is 24.4. The standard InChI is InChI=1S/C23H27N3O6S/c1-16-4-8-19(9-5-16)23-25-21(17(2)32-23)12-13-31-20-10-6-18(7-11-20)14-26(15-22(27)28)33(29,30)24-3/h4-11,24H,12-15H2,1-3H3,(H,27,28). The Labute approximate surface area is 193 Å². The summed E-state index contributed by atoms with van der Waals surface area (Å²) in [5.74, 6) is 0.699. The minimum absolute atomic E-state index is 0.0737. The van der Waals surface area contributed by atoms with E-state index >= 15 is 0 Å². The van der Waals surface area contributed by atoms with Crippen LogP contribution in [0.25, 0.3) is 11.5 Å². The van der Waals surface area contributed by atoms with Crippen LogP contribution in [-0.2, 0) is 28.0 Å². The summed E-state index contributed by atoms with van der Waals surface area (Å²) < 4.78 is 38.6. The summed E-state index contributed by atoms with van der Waals surface area (Å²) in [6.07, 6.45) is 0.565. The first-order chi connectivity index (χ1) is 15.7. The molecule has 10 heteroatoms. The number of nitrogens with one attached hydrogen (secondary N) is 1. The van der Waals surface area contributed by atoms with E-state index in [4.69, 9.17) is 14.3 Å². The summed E-state index contributed by atoms with van der Waals surface area (Å²) in [4.78, 5) is 15.6. The molecule has 33 heavy (non-hydrogen) atoms. The highest BCUT2D eigenvalue weighted by molar-refractivity contribution is 7.87. The summed E-state index contributed by atoms with van der Waals surface area (Å²) in [7, 11) is -2.64. The summed E-state index contributed by atoms with van der Waals surface area (Å²) >= 11 is 0. The highest BCUT2D eigenvalue weighted by Crippen LogP contribution is 2.23. The molecule has 2 N–H and O–H groups in total. The smallest absolute Gasteiger partial charge is 0.318 e. The van der Waals surface area contributed by atoms with Crippen molar-refractivity contribution in [1.29, 1.82) is 0 Å². The van der Waals surface area contributed by atoms with Gasteiger partial charge in [-0.3, -0.25) is 4.79 Å². The maximum atomic E-state index is 12.0. The van der Waals surface area contributed by atoms with Crippen molar-refractivity contribution < 1.29 is 27.5 Å². The first-order valence-corrected chi connectivity index (χ1v) is 11.8. The molecule has 0 spiro atoms. The van der Waals surface area contributed by atoms with Crippen LogP contribution in [0, 0.1) is 13.8 Å². The van der Waals surface area contributed by atoms with Gasteiger partial charge in [0.2, 0.25) is 5.89 Å². The van der Waals surface area contributed by atoms with Gasteiger partial charge in [0.1, 0.15) is 18.1 Å². The molecule has 0 saturated carbocycles. The maximum Gasteiger partial charge on any atom is 0.318 e. The van der Waals surface area contributed by atoms with Gasteiger partial charge in [0.25, 0.3) is 10.2 Å². The van der Waals surface area contributed by atoms with Gasteiger partial charge in [-0.25, -0.2) is 9.71 Å². The van der Waals surface area contributed by atoms with Crippen LogP contribution in [0.5, 0.6) is 5.75 Å². The van der Waals surface area contributed by atoms with Crippen LogP contribution in [-0.4, -0.2) is 49.0 Å². The van der Waals surface area contributed by atoms with Crippen LogP contribution in [0.1, 0.15) is 22.6 Å². The van der Waals surface area contributed by atoms with Gasteiger partial charge in [0.15, 0.2) is 0 Å². The molecule has 2 aromatic carbocycles. The molecule has 176 valence electrons. The lowest BCUT2D eigenvalue weighted by molar-refractivity contribution is -0.137. The number of hydrogen-bond donors (Lipinski definition) is 2. The van der Waals surface area contributed by atoms with E-state index < -0.39 is 22.7 Å². The Morgan fingerprint density at radius 3 is 2.39 bits per heavy atom. The molecule has 3 aromatic rings. The number of aryl methyl sites for hydroxylation is 2. The van der Waals surface area contributed by atoms with Crippen LogP contribution in [0.4, 0.5) is 0 Å². The second-order valence-corrected chi connectivity index (χ2v) is 9.38. The van der Waals surface area contributed by atoms with E-state index in [1.165, 1.54) is 12.6 Å². The van der Waals surface area contributed by atoms with Crippen molar-refractivity contribution in [3.05, 3.63) is 71.1 Å². The Morgan fingerprint density at radius 1 is 1.12 bits per heavy atom. The van der Waals surface area contributed by atoms with Crippen molar-refractivity contribution in [2.24, 2.45) is 0 Å². The van der Waals surface area contributed by atoms with Crippen LogP contribution in [0.2, 0.25) is 0 Å². The zero-order valence-corrected chi connectivity index (χ0v) is 19.6. The van der Waals surface area contributed by atoms with Gasteiger partial charge in [-0.1, -0.05) is 29.8 Å². The molecule has 0 aliphatic heterocycles. The third-order valence-electron chi connectivity index (χ3n) is 4.99. The van der Waals surface area contributed by atoms with Crippen molar-refractivity contribution in [1.82, 2.24) is 14.0 Å². The highest BCUT2D eigenvalue weighted by Gasteiger charge is 2.23. The minimum Gasteiger partial charge on any atom is -0.493 e. The average Bonchev–Trinajstić information content (AvgIpc) is 3.15. The first-order valence-electron chi connectivity index (χ1n) is 10.3. The van der Waals surface area contributed by atoms with E-state index in [0.717, 1.165) is 21.3 Å². The van der Waals surface area contributed by atoms with Crippen LogP contribution in [0.3, 0.4) is 0 Å². The van der Waals surface area contributed by atoms with Crippen molar-refractivity contribution in [3.63, 3.8) is 0 Å². The summed E-state index contributed by atoms with van der Waals surface area (Å²) in [5.41, 5.74) is 3.55. The van der Waals surface area contributed by atoms with Gasteiger partial charge in [-0.05, 0) is 43.7 Å². The maximum absolute atomic E-state index is 12.0. The summed E-state index contributed by atoms with van der Waals surface area (Å²) in [5, 5.41) is 8.99. The Morgan fingerprint density at radius 2 is 1.79 bits per heavy atom. The average molecular weight is 474 g/mol. The van der Waals surface area contributed by atoms with E-state index in [1.54, 1.807) is 24.3 Å². The lowest BCUT2D eigenvalue weighted by Gasteiger charge is -2.19. The number of carboxylic acid groups (broad SMARTS) is 1. The monoisotopic (exact) mass is 473 g/mol. The van der Waals surface area contributed by atoms with Crippen LogP contribution < -0.4 is 9.46 Å². The van der Waals surface area contributed by atoms with E-state index in [1.807, 2.05) is 38.1 Å². The number of carbonyl (C=O) groups is 1. The number of carboxylic acids is 1. The van der Waals surface area contributed by atoms with Crippen molar-refractivity contribution in [2.45, 2.75) is 26.8 Å². The molecule has 0 amide bonds. The quantitative estimate of drug-likeness (QED) is 0.439. The molecule has 3 rings (SSSR count). The molecule has 9 nitrogen and oxygen atoms in total.